The molecule has 3 rings (SSSR count). The van der Waals surface area contributed by atoms with E-state index in [1.807, 2.05) is 37.3 Å². The van der Waals surface area contributed by atoms with Gasteiger partial charge in [-0.25, -0.2) is 4.98 Å². The first kappa shape index (κ1) is 15.6. The summed E-state index contributed by atoms with van der Waals surface area (Å²) in [6.07, 6.45) is 0. The summed E-state index contributed by atoms with van der Waals surface area (Å²) in [5, 5.41) is 0.724. The fourth-order valence-corrected chi connectivity index (χ4v) is 3.34. The van der Waals surface area contributed by atoms with Crippen molar-refractivity contribution in [1.82, 2.24) is 9.55 Å². The van der Waals surface area contributed by atoms with E-state index in [0.29, 0.717) is 0 Å². The zero-order valence-electron chi connectivity index (χ0n) is 13.2. The van der Waals surface area contributed by atoms with E-state index >= 15 is 0 Å². The van der Waals surface area contributed by atoms with E-state index in [0.717, 1.165) is 22.3 Å². The summed E-state index contributed by atoms with van der Waals surface area (Å²) < 4.78 is 1.67. The molecule has 1 heterocycles. The van der Waals surface area contributed by atoms with Crippen molar-refractivity contribution in [3.05, 3.63) is 87.8 Å². The number of hydrogen-bond acceptors (Lipinski definition) is 3. The number of nitrogens with zero attached hydrogens (tertiary/aromatic N) is 2. The molecule has 0 saturated carbocycles. The average molecular weight is 322 g/mol. The minimum Gasteiger partial charge on any atom is -0.269 e. The van der Waals surface area contributed by atoms with E-state index in [-0.39, 0.29) is 5.56 Å². The molecule has 0 fully saturated rings. The molecular formula is C19H18N2OS. The summed E-state index contributed by atoms with van der Waals surface area (Å²) in [4.78, 5) is 17.0. The molecule has 23 heavy (non-hydrogen) atoms. The van der Waals surface area contributed by atoms with Crippen LogP contribution in [0.4, 0.5) is 0 Å². The van der Waals surface area contributed by atoms with Gasteiger partial charge in [-0.3, -0.25) is 9.36 Å². The van der Waals surface area contributed by atoms with Gasteiger partial charge >= 0.3 is 0 Å². The number of rotatable bonds is 4. The number of thioether (sulfide) groups is 1. The van der Waals surface area contributed by atoms with Gasteiger partial charge in [0.15, 0.2) is 5.16 Å². The number of aromatic nitrogens is 2. The lowest BCUT2D eigenvalue weighted by Crippen LogP contribution is -2.21. The van der Waals surface area contributed by atoms with Crippen molar-refractivity contribution in [3.8, 4) is 5.69 Å². The molecule has 0 radical (unpaired) electrons. The van der Waals surface area contributed by atoms with Crippen LogP contribution < -0.4 is 5.56 Å². The minimum atomic E-state index is -0.0462. The third-order valence-corrected chi connectivity index (χ3v) is 4.53. The Balaban J connectivity index is 1.95. The molecule has 1 aromatic heterocycles. The average Bonchev–Trinajstić information content (AvgIpc) is 2.54. The summed E-state index contributed by atoms with van der Waals surface area (Å²) in [5.41, 5.74) is 4.00. The van der Waals surface area contributed by atoms with Gasteiger partial charge in [0.1, 0.15) is 0 Å². The highest BCUT2D eigenvalue weighted by Gasteiger charge is 2.10. The Kier molecular flexibility index (Phi) is 4.63. The molecule has 0 aliphatic heterocycles. The Morgan fingerprint density at radius 3 is 2.39 bits per heavy atom. The molecule has 3 nitrogen and oxygen atoms in total. The van der Waals surface area contributed by atoms with Gasteiger partial charge < -0.3 is 0 Å². The zero-order valence-corrected chi connectivity index (χ0v) is 14.0. The van der Waals surface area contributed by atoms with E-state index in [2.05, 4.69) is 36.2 Å². The lowest BCUT2D eigenvalue weighted by atomic mass is 10.2. The first-order valence-electron chi connectivity index (χ1n) is 7.48. The number of benzene rings is 2. The fraction of sp³-hybridized carbons (Fsp3) is 0.158. The number of para-hydroxylation sites is 1. The van der Waals surface area contributed by atoms with Crippen LogP contribution in [0, 0.1) is 13.8 Å². The van der Waals surface area contributed by atoms with Gasteiger partial charge in [-0.2, -0.15) is 0 Å². The van der Waals surface area contributed by atoms with Gasteiger partial charge in [0.2, 0.25) is 0 Å². The van der Waals surface area contributed by atoms with Gasteiger partial charge in [0.05, 0.1) is 5.69 Å². The van der Waals surface area contributed by atoms with E-state index in [4.69, 9.17) is 0 Å². The first-order chi connectivity index (χ1) is 11.1. The Bertz CT molecular complexity index is 855. The van der Waals surface area contributed by atoms with E-state index in [1.54, 1.807) is 22.4 Å². The molecule has 0 atom stereocenters. The molecule has 116 valence electrons. The predicted molar refractivity (Wildman–Crippen MR) is 95.3 cm³/mol. The summed E-state index contributed by atoms with van der Waals surface area (Å²) >= 11 is 1.58. The van der Waals surface area contributed by atoms with Crippen molar-refractivity contribution in [2.75, 3.05) is 0 Å². The van der Waals surface area contributed by atoms with Crippen LogP contribution in [0.15, 0.2) is 70.6 Å². The van der Waals surface area contributed by atoms with Gasteiger partial charge in [-0.05, 0) is 31.5 Å². The first-order valence-corrected chi connectivity index (χ1v) is 8.46. The normalized spacial score (nSPS) is 10.7. The molecule has 0 saturated heterocycles. The van der Waals surface area contributed by atoms with Crippen LogP contribution in [-0.2, 0) is 5.75 Å². The highest BCUT2D eigenvalue weighted by atomic mass is 32.2. The van der Waals surface area contributed by atoms with Crippen LogP contribution in [0.2, 0.25) is 0 Å². The van der Waals surface area contributed by atoms with Crippen LogP contribution in [0.1, 0.15) is 16.8 Å². The molecule has 0 amide bonds. The number of hydrogen-bond donors (Lipinski definition) is 0. The Morgan fingerprint density at radius 2 is 1.70 bits per heavy atom. The van der Waals surface area contributed by atoms with Crippen LogP contribution in [-0.4, -0.2) is 9.55 Å². The maximum Gasteiger partial charge on any atom is 0.258 e. The third-order valence-electron chi connectivity index (χ3n) is 3.52. The minimum absolute atomic E-state index is 0.0462. The van der Waals surface area contributed by atoms with E-state index in [1.165, 1.54) is 11.1 Å². The topological polar surface area (TPSA) is 34.9 Å². The SMILES string of the molecule is Cc1ccc(CSc2nc(C)cc(=O)n2-c2ccccc2)cc1. The van der Waals surface area contributed by atoms with Gasteiger partial charge in [-0.1, -0.05) is 59.8 Å². The van der Waals surface area contributed by atoms with Crippen molar-refractivity contribution < 1.29 is 0 Å². The molecule has 0 bridgehead atoms. The third kappa shape index (κ3) is 3.71. The predicted octanol–water partition coefficient (Wildman–Crippen LogP) is 4.14. The molecule has 0 spiro atoms. The van der Waals surface area contributed by atoms with Crippen molar-refractivity contribution >= 4 is 11.8 Å². The molecule has 0 aliphatic carbocycles. The van der Waals surface area contributed by atoms with Gasteiger partial charge in [-0.15, -0.1) is 0 Å². The standard InChI is InChI=1S/C19H18N2OS/c1-14-8-10-16(11-9-14)13-23-19-20-15(2)12-18(22)21(19)17-6-4-3-5-7-17/h3-12H,13H2,1-2H3. The smallest absolute Gasteiger partial charge is 0.258 e. The Labute approximate surface area is 140 Å². The maximum absolute atomic E-state index is 12.4. The van der Waals surface area contributed by atoms with Crippen LogP contribution in [0.5, 0.6) is 0 Å². The summed E-state index contributed by atoms with van der Waals surface area (Å²) in [7, 11) is 0. The van der Waals surface area contributed by atoms with Crippen LogP contribution in [0.25, 0.3) is 5.69 Å². The van der Waals surface area contributed by atoms with Crippen LogP contribution in [0.3, 0.4) is 0 Å². The molecular weight excluding hydrogens is 304 g/mol. The zero-order chi connectivity index (χ0) is 16.2. The lowest BCUT2D eigenvalue weighted by molar-refractivity contribution is 0.780. The van der Waals surface area contributed by atoms with Crippen molar-refractivity contribution in [1.29, 1.82) is 0 Å². The second-order valence-corrected chi connectivity index (χ2v) is 6.41. The molecule has 2 aromatic carbocycles. The highest BCUT2D eigenvalue weighted by molar-refractivity contribution is 7.98. The summed E-state index contributed by atoms with van der Waals surface area (Å²) in [6, 6.07) is 19.6. The fourth-order valence-electron chi connectivity index (χ4n) is 2.31. The summed E-state index contributed by atoms with van der Waals surface area (Å²) in [6.45, 7) is 3.93. The van der Waals surface area contributed by atoms with E-state index in [9.17, 15) is 4.79 Å². The molecule has 0 aliphatic rings. The largest absolute Gasteiger partial charge is 0.269 e. The quantitative estimate of drug-likeness (QED) is 0.535. The van der Waals surface area contributed by atoms with Crippen LogP contribution >= 0.6 is 11.8 Å². The highest BCUT2D eigenvalue weighted by Crippen LogP contribution is 2.22. The van der Waals surface area contributed by atoms with Gasteiger partial charge in [0.25, 0.3) is 5.56 Å². The Morgan fingerprint density at radius 1 is 1.00 bits per heavy atom. The van der Waals surface area contributed by atoms with E-state index < -0.39 is 0 Å². The van der Waals surface area contributed by atoms with Gasteiger partial charge in [0, 0.05) is 17.5 Å². The lowest BCUT2D eigenvalue weighted by Gasteiger charge is -2.12. The van der Waals surface area contributed by atoms with Crippen molar-refractivity contribution in [3.63, 3.8) is 0 Å². The molecule has 3 aromatic rings. The van der Waals surface area contributed by atoms with Crippen molar-refractivity contribution in [2.45, 2.75) is 24.8 Å². The monoisotopic (exact) mass is 322 g/mol. The Hall–Kier alpha value is -2.33. The second-order valence-electron chi connectivity index (χ2n) is 5.46. The second kappa shape index (κ2) is 6.84. The maximum atomic E-state index is 12.4. The molecule has 0 N–H and O–H groups in total. The number of aryl methyl sites for hydroxylation is 2. The summed E-state index contributed by atoms with van der Waals surface area (Å²) in [5.74, 6) is 0.781. The molecule has 0 unspecified atom stereocenters. The molecule has 4 heteroatoms. The van der Waals surface area contributed by atoms with Crippen molar-refractivity contribution in [2.24, 2.45) is 0 Å².